The Balaban J connectivity index is 2.36. The number of benzene rings is 1. The average Bonchev–Trinajstić information content (AvgIpc) is 2.75. The van der Waals surface area contributed by atoms with E-state index in [0.717, 1.165) is 0 Å². The molecular weight excluding hydrogens is 282 g/mol. The largest absolute Gasteiger partial charge is 0.229 e. The smallest absolute Gasteiger partial charge is 0.182 e. The maximum Gasteiger partial charge on any atom is 0.182 e. The average molecular weight is 288 g/mol. The summed E-state index contributed by atoms with van der Waals surface area (Å²) in [7, 11) is 0. The molecule has 0 aliphatic heterocycles. The van der Waals surface area contributed by atoms with Crippen molar-refractivity contribution in [2.24, 2.45) is 0 Å². The number of aromatic nitrogens is 3. The van der Waals surface area contributed by atoms with Gasteiger partial charge in [0.05, 0.1) is 6.20 Å². The van der Waals surface area contributed by atoms with Gasteiger partial charge in [-0.25, -0.2) is 4.68 Å². The summed E-state index contributed by atoms with van der Waals surface area (Å²) >= 11 is 17.9. The summed E-state index contributed by atoms with van der Waals surface area (Å²) < 4.78 is 1.36. The molecule has 1 atom stereocenters. The molecule has 86 valence electrons. The van der Waals surface area contributed by atoms with Gasteiger partial charge in [0, 0.05) is 10.0 Å². The van der Waals surface area contributed by atoms with E-state index in [1.54, 1.807) is 18.2 Å². The van der Waals surface area contributed by atoms with Crippen molar-refractivity contribution >= 4 is 34.8 Å². The van der Waals surface area contributed by atoms with Crippen LogP contribution in [0.15, 0.2) is 24.4 Å². The number of hydrogen-bond donors (Lipinski definition) is 0. The second-order valence-electron chi connectivity index (χ2n) is 3.23. The minimum atomic E-state index is -0.610. The molecule has 17 heavy (non-hydrogen) atoms. The van der Waals surface area contributed by atoms with Crippen LogP contribution >= 0.6 is 34.8 Å². The Morgan fingerprint density at radius 1 is 1.24 bits per heavy atom. The zero-order chi connectivity index (χ0) is 12.4. The fourth-order valence-corrected chi connectivity index (χ4v) is 2.07. The lowest BCUT2D eigenvalue weighted by Crippen LogP contribution is -2.05. The quantitative estimate of drug-likeness (QED) is 0.797. The molecule has 0 spiro atoms. The highest BCUT2D eigenvalue weighted by molar-refractivity contribution is 6.34. The van der Waals surface area contributed by atoms with Gasteiger partial charge in [0.1, 0.15) is 6.07 Å². The predicted octanol–water partition coefficient (Wildman–Crippen LogP) is 3.24. The van der Waals surface area contributed by atoms with E-state index in [9.17, 15) is 0 Å². The number of nitriles is 1. The molecular formula is C10H5Cl3N4. The summed E-state index contributed by atoms with van der Waals surface area (Å²) in [6.45, 7) is 0. The van der Waals surface area contributed by atoms with Crippen LogP contribution in [0.3, 0.4) is 0 Å². The summed E-state index contributed by atoms with van der Waals surface area (Å²) in [4.78, 5) is 0. The summed E-state index contributed by atoms with van der Waals surface area (Å²) in [5.74, 6) is 0. The molecule has 0 aliphatic rings. The first-order valence-corrected chi connectivity index (χ1v) is 5.71. The maximum atomic E-state index is 8.64. The van der Waals surface area contributed by atoms with E-state index in [0.29, 0.717) is 15.6 Å². The van der Waals surface area contributed by atoms with Gasteiger partial charge < -0.3 is 0 Å². The van der Waals surface area contributed by atoms with Gasteiger partial charge in [-0.05, 0) is 23.8 Å². The molecule has 2 rings (SSSR count). The number of hydrogen-bond acceptors (Lipinski definition) is 3. The van der Waals surface area contributed by atoms with Crippen molar-refractivity contribution in [1.29, 1.82) is 5.26 Å². The summed E-state index contributed by atoms with van der Waals surface area (Å²) in [6, 6.07) is 6.84. The lowest BCUT2D eigenvalue weighted by molar-refractivity contribution is 0.628. The van der Waals surface area contributed by atoms with Gasteiger partial charge in [-0.2, -0.15) is 5.26 Å². The van der Waals surface area contributed by atoms with E-state index in [1.165, 1.54) is 10.9 Å². The van der Waals surface area contributed by atoms with Crippen LogP contribution in [0.4, 0.5) is 0 Å². The normalized spacial score (nSPS) is 12.1. The van der Waals surface area contributed by atoms with Crippen LogP contribution in [0, 0.1) is 11.3 Å². The number of alkyl halides is 1. The minimum Gasteiger partial charge on any atom is -0.229 e. The first-order chi connectivity index (χ1) is 8.10. The third-order valence-electron chi connectivity index (χ3n) is 2.02. The molecule has 0 fully saturated rings. The minimum absolute atomic E-state index is 0.198. The third-order valence-corrected chi connectivity index (χ3v) is 2.91. The first-order valence-electron chi connectivity index (χ1n) is 4.52. The first kappa shape index (κ1) is 12.2. The van der Waals surface area contributed by atoms with Crippen molar-refractivity contribution in [1.82, 2.24) is 15.0 Å². The second kappa shape index (κ2) is 4.92. The van der Waals surface area contributed by atoms with Gasteiger partial charge in [0.25, 0.3) is 0 Å². The molecule has 0 aliphatic carbocycles. The molecule has 1 aromatic heterocycles. The fraction of sp³-hybridized carbons (Fsp3) is 0.100. The second-order valence-corrected chi connectivity index (χ2v) is 4.52. The SMILES string of the molecule is N#Cc1cn(C(Cl)c2cc(Cl)cc(Cl)c2)nn1. The molecule has 4 nitrogen and oxygen atoms in total. The third kappa shape index (κ3) is 2.70. The Labute approximate surface area is 112 Å². The molecule has 2 aromatic rings. The van der Waals surface area contributed by atoms with Gasteiger partial charge in [0.15, 0.2) is 11.2 Å². The van der Waals surface area contributed by atoms with E-state index < -0.39 is 5.50 Å². The Hall–Kier alpha value is -1.28. The topological polar surface area (TPSA) is 54.5 Å². The van der Waals surface area contributed by atoms with Crippen molar-refractivity contribution in [2.75, 3.05) is 0 Å². The zero-order valence-corrected chi connectivity index (χ0v) is 10.6. The molecule has 0 saturated carbocycles. The lowest BCUT2D eigenvalue weighted by atomic mass is 10.2. The van der Waals surface area contributed by atoms with Crippen molar-refractivity contribution in [3.05, 3.63) is 45.7 Å². The van der Waals surface area contributed by atoms with Gasteiger partial charge in [-0.15, -0.1) is 5.10 Å². The summed E-state index contributed by atoms with van der Waals surface area (Å²) in [5, 5.41) is 17.0. The molecule has 1 heterocycles. The van der Waals surface area contributed by atoms with Crippen LogP contribution in [0.1, 0.15) is 16.8 Å². The molecule has 0 bridgehead atoms. The molecule has 0 amide bonds. The van der Waals surface area contributed by atoms with E-state index in [1.807, 2.05) is 6.07 Å². The molecule has 0 N–H and O–H groups in total. The van der Waals surface area contributed by atoms with Crippen LogP contribution in [0.25, 0.3) is 0 Å². The Morgan fingerprint density at radius 3 is 2.41 bits per heavy atom. The standard InChI is InChI=1S/C10H5Cl3N4/c11-7-1-6(2-8(12)3-7)10(13)17-5-9(4-14)15-16-17/h1-3,5,10H. The van der Waals surface area contributed by atoms with Gasteiger partial charge in [-0.3, -0.25) is 0 Å². The monoisotopic (exact) mass is 286 g/mol. The molecule has 1 aromatic carbocycles. The van der Waals surface area contributed by atoms with Gasteiger partial charge in [-0.1, -0.05) is 40.0 Å². The van der Waals surface area contributed by atoms with Crippen molar-refractivity contribution in [2.45, 2.75) is 5.50 Å². The molecule has 7 heteroatoms. The molecule has 1 unspecified atom stereocenters. The van der Waals surface area contributed by atoms with Crippen LogP contribution in [-0.4, -0.2) is 15.0 Å². The number of nitrogens with zero attached hydrogens (tertiary/aromatic N) is 4. The van der Waals surface area contributed by atoms with E-state index in [4.69, 9.17) is 40.1 Å². The zero-order valence-electron chi connectivity index (χ0n) is 8.31. The fourth-order valence-electron chi connectivity index (χ4n) is 1.30. The molecule has 0 radical (unpaired) electrons. The van der Waals surface area contributed by atoms with E-state index in [2.05, 4.69) is 10.3 Å². The Bertz CT molecular complexity index is 567. The highest BCUT2D eigenvalue weighted by Gasteiger charge is 2.13. The van der Waals surface area contributed by atoms with Crippen molar-refractivity contribution in [3.8, 4) is 6.07 Å². The summed E-state index contributed by atoms with van der Waals surface area (Å²) in [5.41, 5.74) is 0.267. The lowest BCUT2D eigenvalue weighted by Gasteiger charge is -2.10. The van der Waals surface area contributed by atoms with Gasteiger partial charge >= 0.3 is 0 Å². The van der Waals surface area contributed by atoms with E-state index >= 15 is 0 Å². The summed E-state index contributed by atoms with van der Waals surface area (Å²) in [6.07, 6.45) is 1.45. The maximum absolute atomic E-state index is 8.64. The van der Waals surface area contributed by atoms with Crippen LogP contribution < -0.4 is 0 Å². The highest BCUT2D eigenvalue weighted by Crippen LogP contribution is 2.27. The van der Waals surface area contributed by atoms with Crippen LogP contribution in [0.5, 0.6) is 0 Å². The predicted molar refractivity (Wildman–Crippen MR) is 65.2 cm³/mol. The van der Waals surface area contributed by atoms with Crippen molar-refractivity contribution in [3.63, 3.8) is 0 Å². The number of rotatable bonds is 2. The highest BCUT2D eigenvalue weighted by atomic mass is 35.5. The Kier molecular flexibility index (Phi) is 3.53. The number of halogens is 3. The van der Waals surface area contributed by atoms with E-state index in [-0.39, 0.29) is 5.69 Å². The Morgan fingerprint density at radius 2 is 1.88 bits per heavy atom. The van der Waals surface area contributed by atoms with Crippen LogP contribution in [0.2, 0.25) is 10.0 Å². The van der Waals surface area contributed by atoms with Gasteiger partial charge in [0.2, 0.25) is 0 Å². The van der Waals surface area contributed by atoms with Crippen LogP contribution in [-0.2, 0) is 0 Å². The van der Waals surface area contributed by atoms with Crippen molar-refractivity contribution < 1.29 is 0 Å². The molecule has 0 saturated heterocycles.